The van der Waals surface area contributed by atoms with Crippen molar-refractivity contribution in [1.29, 1.82) is 0 Å². The largest absolute Gasteiger partial charge is 0.479 e. The van der Waals surface area contributed by atoms with Gasteiger partial charge in [0.05, 0.1) is 0 Å². The number of carbonyl (C=O) groups is 1. The average molecular weight is 263 g/mol. The molecule has 0 radical (unpaired) electrons. The second kappa shape index (κ2) is 6.17. The van der Waals surface area contributed by atoms with Gasteiger partial charge in [-0.1, -0.05) is 30.3 Å². The van der Waals surface area contributed by atoms with E-state index in [4.69, 9.17) is 4.74 Å². The van der Waals surface area contributed by atoms with Gasteiger partial charge in [-0.3, -0.25) is 4.90 Å². The summed E-state index contributed by atoms with van der Waals surface area (Å²) in [4.78, 5) is 13.7. The molecule has 1 N–H and O–H groups in total. The van der Waals surface area contributed by atoms with Crippen molar-refractivity contribution in [3.05, 3.63) is 35.9 Å². The van der Waals surface area contributed by atoms with Crippen LogP contribution in [0.2, 0.25) is 0 Å². The molecule has 1 fully saturated rings. The molecule has 0 aromatic heterocycles. The summed E-state index contributed by atoms with van der Waals surface area (Å²) in [6.07, 6.45) is 1.12. The van der Waals surface area contributed by atoms with E-state index in [1.54, 1.807) is 0 Å². The standard InChI is InChI=1S/C15H21NO3/c1-2-19-15(14(17)18)8-10-16(11-9-15)12-13-6-4-3-5-7-13/h3-7H,2,8-12H2,1H3,(H,17,18). The van der Waals surface area contributed by atoms with Crippen LogP contribution in [0.25, 0.3) is 0 Å². The molecule has 1 saturated heterocycles. The van der Waals surface area contributed by atoms with Gasteiger partial charge >= 0.3 is 5.97 Å². The molecule has 1 aromatic rings. The highest BCUT2D eigenvalue weighted by Gasteiger charge is 2.42. The number of hydrogen-bond acceptors (Lipinski definition) is 3. The van der Waals surface area contributed by atoms with Crippen LogP contribution in [-0.4, -0.2) is 41.3 Å². The fourth-order valence-electron chi connectivity index (χ4n) is 2.61. The monoisotopic (exact) mass is 263 g/mol. The van der Waals surface area contributed by atoms with Crippen LogP contribution < -0.4 is 0 Å². The van der Waals surface area contributed by atoms with E-state index in [9.17, 15) is 9.90 Å². The van der Waals surface area contributed by atoms with Crippen molar-refractivity contribution in [2.45, 2.75) is 31.9 Å². The Morgan fingerprint density at radius 2 is 1.95 bits per heavy atom. The maximum atomic E-state index is 11.4. The summed E-state index contributed by atoms with van der Waals surface area (Å²) in [5.41, 5.74) is 0.295. The molecule has 4 heteroatoms. The van der Waals surface area contributed by atoms with E-state index >= 15 is 0 Å². The summed E-state index contributed by atoms with van der Waals surface area (Å²) in [5, 5.41) is 9.35. The highest BCUT2D eigenvalue weighted by atomic mass is 16.5. The second-order valence-electron chi connectivity index (χ2n) is 4.99. The Labute approximate surface area is 114 Å². The predicted octanol–water partition coefficient (Wildman–Crippen LogP) is 2.14. The summed E-state index contributed by atoms with van der Waals surface area (Å²) >= 11 is 0. The molecule has 4 nitrogen and oxygen atoms in total. The fraction of sp³-hybridized carbons (Fsp3) is 0.533. The van der Waals surface area contributed by atoms with Gasteiger partial charge in [0.25, 0.3) is 0 Å². The second-order valence-corrected chi connectivity index (χ2v) is 4.99. The zero-order valence-electron chi connectivity index (χ0n) is 11.3. The Kier molecular flexibility index (Phi) is 4.56. The molecule has 0 saturated carbocycles. The maximum absolute atomic E-state index is 11.4. The first-order valence-corrected chi connectivity index (χ1v) is 6.80. The van der Waals surface area contributed by atoms with Crippen molar-refractivity contribution in [2.75, 3.05) is 19.7 Å². The van der Waals surface area contributed by atoms with Crippen LogP contribution in [0.15, 0.2) is 30.3 Å². The van der Waals surface area contributed by atoms with E-state index in [1.165, 1.54) is 5.56 Å². The highest BCUT2D eigenvalue weighted by Crippen LogP contribution is 2.27. The number of hydrogen-bond donors (Lipinski definition) is 1. The van der Waals surface area contributed by atoms with Gasteiger partial charge in [0.2, 0.25) is 0 Å². The Balaban J connectivity index is 1.93. The number of carboxylic acids is 1. The topological polar surface area (TPSA) is 49.8 Å². The van der Waals surface area contributed by atoms with Gasteiger partial charge in [-0.25, -0.2) is 4.79 Å². The van der Waals surface area contributed by atoms with Crippen LogP contribution in [0.3, 0.4) is 0 Å². The van der Waals surface area contributed by atoms with Crippen molar-refractivity contribution in [1.82, 2.24) is 4.90 Å². The molecule has 0 aliphatic carbocycles. The van der Waals surface area contributed by atoms with Gasteiger partial charge in [-0.2, -0.15) is 0 Å². The lowest BCUT2D eigenvalue weighted by Gasteiger charge is -2.38. The predicted molar refractivity (Wildman–Crippen MR) is 72.9 cm³/mol. The SMILES string of the molecule is CCOC1(C(=O)O)CCN(Cc2ccccc2)CC1. The number of carboxylic acid groups (broad SMARTS) is 1. The summed E-state index contributed by atoms with van der Waals surface area (Å²) in [6, 6.07) is 10.3. The molecule has 19 heavy (non-hydrogen) atoms. The minimum absolute atomic E-state index is 0.449. The number of rotatable bonds is 5. The lowest BCUT2D eigenvalue weighted by atomic mass is 9.91. The quantitative estimate of drug-likeness (QED) is 0.884. The van der Waals surface area contributed by atoms with E-state index in [2.05, 4.69) is 17.0 Å². The van der Waals surface area contributed by atoms with Crippen LogP contribution in [0, 0.1) is 0 Å². The molecule has 1 aliphatic heterocycles. The third-order valence-electron chi connectivity index (χ3n) is 3.72. The van der Waals surface area contributed by atoms with Crippen molar-refractivity contribution < 1.29 is 14.6 Å². The third-order valence-corrected chi connectivity index (χ3v) is 3.72. The van der Waals surface area contributed by atoms with Crippen LogP contribution in [0.1, 0.15) is 25.3 Å². The molecule has 1 aromatic carbocycles. The van der Waals surface area contributed by atoms with Crippen LogP contribution in [-0.2, 0) is 16.1 Å². The molecule has 0 bridgehead atoms. The molecule has 0 unspecified atom stereocenters. The van der Waals surface area contributed by atoms with Crippen molar-refractivity contribution in [2.24, 2.45) is 0 Å². The van der Waals surface area contributed by atoms with Crippen molar-refractivity contribution in [3.63, 3.8) is 0 Å². The first-order valence-electron chi connectivity index (χ1n) is 6.80. The van der Waals surface area contributed by atoms with Gasteiger partial charge in [-0.05, 0) is 25.3 Å². The highest BCUT2D eigenvalue weighted by molar-refractivity contribution is 5.77. The van der Waals surface area contributed by atoms with Gasteiger partial charge in [0, 0.05) is 26.2 Å². The Bertz CT molecular complexity index is 411. The zero-order chi connectivity index (χ0) is 13.7. The minimum Gasteiger partial charge on any atom is -0.479 e. The number of piperidine rings is 1. The van der Waals surface area contributed by atoms with Crippen molar-refractivity contribution in [3.8, 4) is 0 Å². The molecule has 1 aliphatic rings. The van der Waals surface area contributed by atoms with Crippen molar-refractivity contribution >= 4 is 5.97 Å². The number of likely N-dealkylation sites (tertiary alicyclic amines) is 1. The van der Waals surface area contributed by atoms with Crippen LogP contribution >= 0.6 is 0 Å². The summed E-state index contributed by atoms with van der Waals surface area (Å²) < 4.78 is 5.50. The van der Waals surface area contributed by atoms with Gasteiger partial charge in [0.1, 0.15) is 0 Å². The molecule has 1 heterocycles. The molecular formula is C15H21NO3. The van der Waals surface area contributed by atoms with E-state index < -0.39 is 11.6 Å². The smallest absolute Gasteiger partial charge is 0.336 e. The number of benzene rings is 1. The number of ether oxygens (including phenoxy) is 1. The van der Waals surface area contributed by atoms with Gasteiger partial charge < -0.3 is 9.84 Å². The normalized spacial score (nSPS) is 19.2. The maximum Gasteiger partial charge on any atom is 0.336 e. The van der Waals surface area contributed by atoms with Gasteiger partial charge in [0.15, 0.2) is 5.60 Å². The molecule has 0 atom stereocenters. The average Bonchev–Trinajstić information content (AvgIpc) is 2.42. The minimum atomic E-state index is -0.970. The number of aliphatic carboxylic acids is 1. The summed E-state index contributed by atoms with van der Waals surface area (Å²) in [7, 11) is 0. The molecule has 2 rings (SSSR count). The Morgan fingerprint density at radius 1 is 1.32 bits per heavy atom. The Morgan fingerprint density at radius 3 is 2.47 bits per heavy atom. The van der Waals surface area contributed by atoms with E-state index in [-0.39, 0.29) is 0 Å². The first kappa shape index (κ1) is 14.0. The van der Waals surface area contributed by atoms with E-state index in [0.29, 0.717) is 19.4 Å². The van der Waals surface area contributed by atoms with E-state index in [1.807, 2.05) is 25.1 Å². The molecule has 0 amide bonds. The van der Waals surface area contributed by atoms with Crippen LogP contribution in [0.5, 0.6) is 0 Å². The molecule has 104 valence electrons. The molecule has 0 spiro atoms. The lowest BCUT2D eigenvalue weighted by Crippen LogP contribution is -2.51. The van der Waals surface area contributed by atoms with E-state index in [0.717, 1.165) is 19.6 Å². The fourth-order valence-corrected chi connectivity index (χ4v) is 2.61. The van der Waals surface area contributed by atoms with Gasteiger partial charge in [-0.15, -0.1) is 0 Å². The lowest BCUT2D eigenvalue weighted by molar-refractivity contribution is -0.172. The Hall–Kier alpha value is -1.39. The summed E-state index contributed by atoms with van der Waals surface area (Å²) in [5.74, 6) is -0.825. The first-order chi connectivity index (χ1) is 9.16. The zero-order valence-corrected chi connectivity index (χ0v) is 11.3. The number of nitrogens with zero attached hydrogens (tertiary/aromatic N) is 1. The summed E-state index contributed by atoms with van der Waals surface area (Å²) in [6.45, 7) is 4.71. The third kappa shape index (κ3) is 3.33. The van der Waals surface area contributed by atoms with Crippen LogP contribution in [0.4, 0.5) is 0 Å². The molecular weight excluding hydrogens is 242 g/mol.